The van der Waals surface area contributed by atoms with E-state index in [1.807, 2.05) is 11.9 Å². The Morgan fingerprint density at radius 3 is 2.43 bits per heavy atom. The van der Waals surface area contributed by atoms with Crippen molar-refractivity contribution in [3.05, 3.63) is 30.1 Å². The van der Waals surface area contributed by atoms with Crippen molar-refractivity contribution in [2.75, 3.05) is 25.1 Å². The summed E-state index contributed by atoms with van der Waals surface area (Å²) in [6.45, 7) is 0.356. The first kappa shape index (κ1) is 10.9. The van der Waals surface area contributed by atoms with Crippen LogP contribution in [0, 0.1) is 5.82 Å². The Balaban J connectivity index is 2.77. The van der Waals surface area contributed by atoms with E-state index in [9.17, 15) is 4.39 Å². The number of hydrogen-bond acceptors (Lipinski definition) is 3. The number of benzene rings is 1. The Morgan fingerprint density at radius 2 is 2.00 bits per heavy atom. The molecule has 3 N–H and O–H groups in total. The first-order valence-corrected chi connectivity index (χ1v) is 4.48. The fourth-order valence-corrected chi connectivity index (χ4v) is 1.24. The summed E-state index contributed by atoms with van der Waals surface area (Å²) in [5.74, 6) is -0.268. The molecule has 1 rings (SSSR count). The molecular weight excluding hydrogens is 183 g/mol. The van der Waals surface area contributed by atoms with Crippen molar-refractivity contribution in [3.8, 4) is 0 Å². The summed E-state index contributed by atoms with van der Waals surface area (Å²) in [5, 5.41) is 9.02. The maximum Gasteiger partial charge on any atom is 0.123 e. The second-order valence-electron chi connectivity index (χ2n) is 3.16. The van der Waals surface area contributed by atoms with E-state index in [2.05, 4.69) is 0 Å². The second-order valence-corrected chi connectivity index (χ2v) is 3.16. The summed E-state index contributed by atoms with van der Waals surface area (Å²) in [5.41, 5.74) is 6.32. The number of nitrogens with two attached hydrogens (primary N) is 1. The van der Waals surface area contributed by atoms with Gasteiger partial charge in [0.15, 0.2) is 0 Å². The average molecular weight is 198 g/mol. The lowest BCUT2D eigenvalue weighted by molar-refractivity contribution is 0.265. The number of halogens is 1. The topological polar surface area (TPSA) is 49.5 Å². The largest absolute Gasteiger partial charge is 0.394 e. The van der Waals surface area contributed by atoms with Gasteiger partial charge >= 0.3 is 0 Å². The molecule has 3 nitrogen and oxygen atoms in total. The van der Waals surface area contributed by atoms with E-state index < -0.39 is 0 Å². The molecule has 0 radical (unpaired) electrons. The van der Waals surface area contributed by atoms with Crippen molar-refractivity contribution in [1.29, 1.82) is 0 Å². The quantitative estimate of drug-likeness (QED) is 0.744. The van der Waals surface area contributed by atoms with Gasteiger partial charge in [0.05, 0.1) is 12.6 Å². The van der Waals surface area contributed by atoms with E-state index in [4.69, 9.17) is 10.8 Å². The lowest BCUT2D eigenvalue weighted by atomic mass is 10.2. The molecule has 0 aromatic heterocycles. The predicted octanol–water partition coefficient (Wildman–Crippen LogP) is 0.581. The summed E-state index contributed by atoms with van der Waals surface area (Å²) >= 11 is 0. The Hall–Kier alpha value is -1.13. The zero-order valence-electron chi connectivity index (χ0n) is 8.15. The van der Waals surface area contributed by atoms with Gasteiger partial charge in [0, 0.05) is 19.3 Å². The Kier molecular flexibility index (Phi) is 3.85. The molecule has 0 bridgehead atoms. The van der Waals surface area contributed by atoms with Crippen LogP contribution in [0.3, 0.4) is 0 Å². The molecule has 1 aromatic carbocycles. The standard InChI is InChI=1S/C10H15FN2O/c1-13(10(6-12)7-14)9-4-2-8(11)3-5-9/h2-5,10,14H,6-7,12H2,1H3. The first-order chi connectivity index (χ1) is 6.69. The van der Waals surface area contributed by atoms with Crippen molar-refractivity contribution in [1.82, 2.24) is 0 Å². The van der Waals surface area contributed by atoms with Crippen molar-refractivity contribution in [2.45, 2.75) is 6.04 Å². The summed E-state index contributed by atoms with van der Waals surface area (Å²) in [4.78, 5) is 1.83. The fourth-order valence-electron chi connectivity index (χ4n) is 1.24. The highest BCUT2D eigenvalue weighted by Gasteiger charge is 2.11. The van der Waals surface area contributed by atoms with Gasteiger partial charge in [-0.1, -0.05) is 0 Å². The summed E-state index contributed by atoms with van der Waals surface area (Å²) in [6.07, 6.45) is 0. The average Bonchev–Trinajstić information content (AvgIpc) is 2.20. The highest BCUT2D eigenvalue weighted by atomic mass is 19.1. The van der Waals surface area contributed by atoms with Crippen molar-refractivity contribution in [2.24, 2.45) is 5.73 Å². The van der Waals surface area contributed by atoms with Gasteiger partial charge in [-0.15, -0.1) is 0 Å². The van der Waals surface area contributed by atoms with Crippen LogP contribution in [-0.2, 0) is 0 Å². The molecule has 0 heterocycles. The maximum atomic E-state index is 12.6. The molecule has 78 valence electrons. The molecule has 0 spiro atoms. The first-order valence-electron chi connectivity index (χ1n) is 4.48. The number of hydrogen-bond donors (Lipinski definition) is 2. The van der Waals surface area contributed by atoms with E-state index in [-0.39, 0.29) is 18.5 Å². The molecule has 0 aliphatic rings. The third-order valence-electron chi connectivity index (χ3n) is 2.26. The van der Waals surface area contributed by atoms with E-state index >= 15 is 0 Å². The normalized spacial score (nSPS) is 12.6. The van der Waals surface area contributed by atoms with E-state index in [0.717, 1.165) is 5.69 Å². The van der Waals surface area contributed by atoms with Crippen LogP contribution in [0.4, 0.5) is 10.1 Å². The van der Waals surface area contributed by atoms with Crippen LogP contribution in [0.15, 0.2) is 24.3 Å². The molecule has 0 saturated heterocycles. The summed E-state index contributed by atoms with van der Waals surface area (Å²) in [6, 6.07) is 5.97. The monoisotopic (exact) mass is 198 g/mol. The molecule has 1 atom stereocenters. The van der Waals surface area contributed by atoms with Crippen LogP contribution in [0.2, 0.25) is 0 Å². The van der Waals surface area contributed by atoms with E-state index in [0.29, 0.717) is 6.54 Å². The van der Waals surface area contributed by atoms with Gasteiger partial charge in [0.1, 0.15) is 5.82 Å². The SMILES string of the molecule is CN(c1ccc(F)cc1)C(CN)CO. The van der Waals surface area contributed by atoms with Crippen LogP contribution in [-0.4, -0.2) is 31.3 Å². The lowest BCUT2D eigenvalue weighted by Gasteiger charge is -2.27. The molecule has 0 aliphatic heterocycles. The molecule has 4 heteroatoms. The summed E-state index contributed by atoms with van der Waals surface area (Å²) in [7, 11) is 1.82. The Labute approximate surface area is 83.0 Å². The Bertz CT molecular complexity index is 272. The van der Waals surface area contributed by atoms with Gasteiger partial charge < -0.3 is 15.7 Å². The molecular formula is C10H15FN2O. The molecule has 0 aliphatic carbocycles. The third-order valence-corrected chi connectivity index (χ3v) is 2.26. The minimum absolute atomic E-state index is 0.00955. The molecule has 1 aromatic rings. The predicted molar refractivity (Wildman–Crippen MR) is 54.7 cm³/mol. The highest BCUT2D eigenvalue weighted by Crippen LogP contribution is 2.14. The number of nitrogens with zero attached hydrogens (tertiary/aromatic N) is 1. The van der Waals surface area contributed by atoms with Gasteiger partial charge in [-0.3, -0.25) is 0 Å². The highest BCUT2D eigenvalue weighted by molar-refractivity contribution is 5.46. The maximum absolute atomic E-state index is 12.6. The number of rotatable bonds is 4. The second kappa shape index (κ2) is 4.93. The lowest BCUT2D eigenvalue weighted by Crippen LogP contribution is -2.40. The zero-order chi connectivity index (χ0) is 10.6. The Morgan fingerprint density at radius 1 is 1.43 bits per heavy atom. The third kappa shape index (κ3) is 2.43. The van der Waals surface area contributed by atoms with Crippen LogP contribution < -0.4 is 10.6 Å². The minimum atomic E-state index is -0.268. The molecule has 0 fully saturated rings. The van der Waals surface area contributed by atoms with E-state index in [1.165, 1.54) is 12.1 Å². The van der Waals surface area contributed by atoms with Crippen molar-refractivity contribution in [3.63, 3.8) is 0 Å². The zero-order valence-corrected chi connectivity index (χ0v) is 8.15. The summed E-state index contributed by atoms with van der Waals surface area (Å²) < 4.78 is 12.6. The van der Waals surface area contributed by atoms with Crippen molar-refractivity contribution >= 4 is 5.69 Å². The van der Waals surface area contributed by atoms with Gasteiger partial charge in [0.2, 0.25) is 0 Å². The van der Waals surface area contributed by atoms with E-state index in [1.54, 1.807) is 12.1 Å². The minimum Gasteiger partial charge on any atom is -0.394 e. The van der Waals surface area contributed by atoms with Crippen molar-refractivity contribution < 1.29 is 9.50 Å². The number of likely N-dealkylation sites (N-methyl/N-ethyl adjacent to an activating group) is 1. The molecule has 14 heavy (non-hydrogen) atoms. The van der Waals surface area contributed by atoms with Crippen LogP contribution in [0.5, 0.6) is 0 Å². The fraction of sp³-hybridized carbons (Fsp3) is 0.400. The molecule has 1 unspecified atom stereocenters. The van der Waals surface area contributed by atoms with Gasteiger partial charge in [0.25, 0.3) is 0 Å². The number of anilines is 1. The van der Waals surface area contributed by atoms with Gasteiger partial charge in [-0.2, -0.15) is 0 Å². The van der Waals surface area contributed by atoms with Crippen LogP contribution >= 0.6 is 0 Å². The van der Waals surface area contributed by atoms with Gasteiger partial charge in [-0.05, 0) is 24.3 Å². The molecule has 0 amide bonds. The smallest absolute Gasteiger partial charge is 0.123 e. The van der Waals surface area contributed by atoms with Crippen LogP contribution in [0.25, 0.3) is 0 Å². The van der Waals surface area contributed by atoms with Gasteiger partial charge in [-0.25, -0.2) is 4.39 Å². The number of aliphatic hydroxyl groups excluding tert-OH is 1. The molecule has 0 saturated carbocycles. The van der Waals surface area contributed by atoms with Crippen LogP contribution in [0.1, 0.15) is 0 Å². The number of aliphatic hydroxyl groups is 1.